The predicted octanol–water partition coefficient (Wildman–Crippen LogP) is 3.92. The zero-order valence-corrected chi connectivity index (χ0v) is 20.3. The number of benzene rings is 1. The molecule has 1 aliphatic heterocycles. The maximum absolute atomic E-state index is 13.1. The van der Waals surface area contributed by atoms with Gasteiger partial charge in [-0.1, -0.05) is 36.8 Å². The van der Waals surface area contributed by atoms with E-state index in [4.69, 9.17) is 4.74 Å². The summed E-state index contributed by atoms with van der Waals surface area (Å²) in [4.78, 5) is 43.0. The Morgan fingerprint density at radius 2 is 1.88 bits per heavy atom. The number of aromatic nitrogens is 1. The Morgan fingerprint density at radius 3 is 2.52 bits per heavy atom. The van der Waals surface area contributed by atoms with E-state index in [0.717, 1.165) is 18.4 Å². The number of rotatable bonds is 7. The predicted molar refractivity (Wildman–Crippen MR) is 127 cm³/mol. The first-order valence-electron chi connectivity index (χ1n) is 11.7. The van der Waals surface area contributed by atoms with Crippen molar-refractivity contribution in [3.63, 3.8) is 0 Å². The molecule has 0 bridgehead atoms. The zero-order valence-electron chi connectivity index (χ0n) is 20.3. The van der Waals surface area contributed by atoms with Crippen LogP contribution in [0.25, 0.3) is 0 Å². The normalized spacial score (nSPS) is 15.2. The van der Waals surface area contributed by atoms with Gasteiger partial charge >= 0.3 is 5.97 Å². The van der Waals surface area contributed by atoms with Crippen molar-refractivity contribution in [2.45, 2.75) is 54.0 Å². The molecule has 1 saturated heterocycles. The molecule has 0 unspecified atom stereocenters. The average Bonchev–Trinajstić information content (AvgIpc) is 3.10. The van der Waals surface area contributed by atoms with Gasteiger partial charge in [0.1, 0.15) is 5.69 Å². The first kappa shape index (κ1) is 24.6. The zero-order chi connectivity index (χ0) is 24.1. The van der Waals surface area contributed by atoms with Crippen molar-refractivity contribution < 1.29 is 19.1 Å². The van der Waals surface area contributed by atoms with Crippen LogP contribution in [-0.2, 0) is 16.1 Å². The van der Waals surface area contributed by atoms with Crippen LogP contribution in [0.2, 0.25) is 0 Å². The van der Waals surface area contributed by atoms with E-state index in [1.54, 1.807) is 25.7 Å². The topological polar surface area (TPSA) is 91.5 Å². The van der Waals surface area contributed by atoms with Crippen LogP contribution in [0.1, 0.15) is 69.9 Å². The Morgan fingerprint density at radius 1 is 1.18 bits per heavy atom. The molecule has 7 heteroatoms. The number of nitrogens with one attached hydrogen (secondary N) is 2. The van der Waals surface area contributed by atoms with Gasteiger partial charge in [0, 0.05) is 31.2 Å². The van der Waals surface area contributed by atoms with E-state index in [1.807, 2.05) is 32.0 Å². The van der Waals surface area contributed by atoms with E-state index in [2.05, 4.69) is 16.4 Å². The molecule has 7 nitrogen and oxygen atoms in total. The molecular formula is C26H35N3O4. The lowest BCUT2D eigenvalue weighted by Gasteiger charge is -2.34. The monoisotopic (exact) mass is 453 g/mol. The second kappa shape index (κ2) is 10.7. The average molecular weight is 454 g/mol. The van der Waals surface area contributed by atoms with Crippen molar-refractivity contribution in [1.82, 2.24) is 15.2 Å². The van der Waals surface area contributed by atoms with Gasteiger partial charge in [0.25, 0.3) is 5.91 Å². The molecule has 1 aromatic carbocycles. The lowest BCUT2D eigenvalue weighted by Crippen LogP contribution is -2.42. The van der Waals surface area contributed by atoms with Gasteiger partial charge in [0.05, 0.1) is 12.2 Å². The van der Waals surface area contributed by atoms with Gasteiger partial charge in [-0.25, -0.2) is 4.79 Å². The number of aromatic amines is 1. The number of amides is 2. The first-order valence-corrected chi connectivity index (χ1v) is 11.7. The third kappa shape index (κ3) is 5.64. The molecule has 0 aliphatic carbocycles. The van der Waals surface area contributed by atoms with Gasteiger partial charge in [0.15, 0.2) is 0 Å². The summed E-state index contributed by atoms with van der Waals surface area (Å²) in [6, 6.07) is 8.12. The van der Waals surface area contributed by atoms with Crippen LogP contribution >= 0.6 is 0 Å². The van der Waals surface area contributed by atoms with Gasteiger partial charge in [0.2, 0.25) is 5.91 Å². The van der Waals surface area contributed by atoms with Crippen molar-refractivity contribution in [2.24, 2.45) is 11.8 Å². The van der Waals surface area contributed by atoms with E-state index in [-0.39, 0.29) is 30.3 Å². The largest absolute Gasteiger partial charge is 0.462 e. The number of carbonyl (C=O) groups excluding carboxylic acids is 3. The van der Waals surface area contributed by atoms with Gasteiger partial charge in [-0.3, -0.25) is 9.59 Å². The van der Waals surface area contributed by atoms with Gasteiger partial charge in [-0.2, -0.15) is 0 Å². The third-order valence-electron chi connectivity index (χ3n) is 6.63. The summed E-state index contributed by atoms with van der Waals surface area (Å²) < 4.78 is 5.12. The van der Waals surface area contributed by atoms with E-state index in [9.17, 15) is 14.4 Å². The van der Waals surface area contributed by atoms with Crippen molar-refractivity contribution in [1.29, 1.82) is 0 Å². The number of hydrogen-bond donors (Lipinski definition) is 2. The van der Waals surface area contributed by atoms with Crippen molar-refractivity contribution in [3.05, 3.63) is 57.9 Å². The minimum Gasteiger partial charge on any atom is -0.462 e. The molecule has 1 fully saturated rings. The molecule has 2 heterocycles. The molecule has 178 valence electrons. The summed E-state index contributed by atoms with van der Waals surface area (Å²) in [5.74, 6) is -0.352. The fraction of sp³-hybridized carbons (Fsp3) is 0.500. The highest BCUT2D eigenvalue weighted by molar-refractivity contribution is 6.00. The Balaban J connectivity index is 1.56. The van der Waals surface area contributed by atoms with Crippen LogP contribution in [0, 0.1) is 32.6 Å². The van der Waals surface area contributed by atoms with Crippen LogP contribution in [0.15, 0.2) is 24.3 Å². The minimum atomic E-state index is -0.410. The summed E-state index contributed by atoms with van der Waals surface area (Å²) in [5, 5.41) is 3.05. The Hall–Kier alpha value is -3.09. The molecule has 0 spiro atoms. The lowest BCUT2D eigenvalue weighted by atomic mass is 9.84. The van der Waals surface area contributed by atoms with Crippen LogP contribution in [-0.4, -0.2) is 47.4 Å². The van der Waals surface area contributed by atoms with E-state index in [1.165, 1.54) is 5.56 Å². The SMILES string of the molecule is CCOC(=O)c1c(C)[nH]c(C(=O)N2CCC([C@H](C)C(=O)NCc3cccc(C)c3)CC2)c1C. The number of likely N-dealkylation sites (tertiary alicyclic amines) is 1. The maximum atomic E-state index is 13.1. The quantitative estimate of drug-likeness (QED) is 0.622. The molecule has 1 aliphatic rings. The second-order valence-electron chi connectivity index (χ2n) is 8.97. The van der Waals surface area contributed by atoms with Crippen molar-refractivity contribution >= 4 is 17.8 Å². The molecule has 0 radical (unpaired) electrons. The maximum Gasteiger partial charge on any atom is 0.340 e. The van der Waals surface area contributed by atoms with E-state index < -0.39 is 5.97 Å². The van der Waals surface area contributed by atoms with Gasteiger partial charge < -0.3 is 19.9 Å². The second-order valence-corrected chi connectivity index (χ2v) is 8.97. The highest BCUT2D eigenvalue weighted by Crippen LogP contribution is 2.27. The molecule has 33 heavy (non-hydrogen) atoms. The summed E-state index contributed by atoms with van der Waals surface area (Å²) in [6.07, 6.45) is 1.54. The highest BCUT2D eigenvalue weighted by atomic mass is 16.5. The smallest absolute Gasteiger partial charge is 0.340 e. The Bertz CT molecular complexity index is 1020. The van der Waals surface area contributed by atoms with Gasteiger partial charge in [-0.15, -0.1) is 0 Å². The van der Waals surface area contributed by atoms with E-state index in [0.29, 0.717) is 42.1 Å². The number of piperidine rings is 1. The van der Waals surface area contributed by atoms with Crippen molar-refractivity contribution in [2.75, 3.05) is 19.7 Å². The Labute approximate surface area is 195 Å². The van der Waals surface area contributed by atoms with Crippen LogP contribution < -0.4 is 5.32 Å². The van der Waals surface area contributed by atoms with E-state index >= 15 is 0 Å². The Kier molecular flexibility index (Phi) is 7.95. The number of hydrogen-bond acceptors (Lipinski definition) is 4. The van der Waals surface area contributed by atoms with Gasteiger partial charge in [-0.05, 0) is 57.6 Å². The molecule has 2 aromatic rings. The first-order chi connectivity index (χ1) is 15.7. The summed E-state index contributed by atoms with van der Waals surface area (Å²) in [7, 11) is 0. The molecule has 0 saturated carbocycles. The molecule has 1 atom stereocenters. The highest BCUT2D eigenvalue weighted by Gasteiger charge is 2.32. The molecule has 1 aromatic heterocycles. The minimum absolute atomic E-state index is 0.0520. The molecule has 2 N–H and O–H groups in total. The van der Waals surface area contributed by atoms with Crippen LogP contribution in [0.5, 0.6) is 0 Å². The number of ether oxygens (including phenoxy) is 1. The number of carbonyl (C=O) groups is 3. The lowest BCUT2D eigenvalue weighted by molar-refractivity contribution is -0.126. The number of esters is 1. The van der Waals surface area contributed by atoms with Crippen molar-refractivity contribution in [3.8, 4) is 0 Å². The number of H-pyrrole nitrogens is 1. The van der Waals surface area contributed by atoms with Crippen LogP contribution in [0.3, 0.4) is 0 Å². The summed E-state index contributed by atoms with van der Waals surface area (Å²) >= 11 is 0. The number of aryl methyl sites for hydroxylation is 2. The van der Waals surface area contributed by atoms with Crippen LogP contribution in [0.4, 0.5) is 0 Å². The fourth-order valence-electron chi connectivity index (χ4n) is 4.62. The summed E-state index contributed by atoms with van der Waals surface area (Å²) in [6.45, 7) is 11.3. The standard InChI is InChI=1S/C26H35N3O4/c1-6-33-26(32)22-18(4)23(28-19(22)5)25(31)29-12-10-21(11-13-29)17(3)24(30)27-15-20-9-7-8-16(2)14-20/h7-9,14,17,21,28H,6,10-13,15H2,1-5H3,(H,27,30)/t17-/m0/s1. The molecule has 3 rings (SSSR count). The molecular weight excluding hydrogens is 418 g/mol. The fourth-order valence-corrected chi connectivity index (χ4v) is 4.62. The summed E-state index contributed by atoms with van der Waals surface area (Å²) in [5.41, 5.74) is 4.42. The number of nitrogens with zero attached hydrogens (tertiary/aromatic N) is 1. The molecule has 2 amide bonds. The third-order valence-corrected chi connectivity index (χ3v) is 6.63.